The van der Waals surface area contributed by atoms with Crippen LogP contribution in [-0.2, 0) is 6.54 Å². The van der Waals surface area contributed by atoms with Gasteiger partial charge in [0.2, 0.25) is 0 Å². The number of pyridine rings is 1. The topological polar surface area (TPSA) is 78.3 Å². The van der Waals surface area contributed by atoms with Crippen LogP contribution in [0.25, 0.3) is 16.9 Å². The molecule has 0 spiro atoms. The van der Waals surface area contributed by atoms with E-state index >= 15 is 0 Å². The Labute approximate surface area is 180 Å². The van der Waals surface area contributed by atoms with Crippen molar-refractivity contribution < 1.29 is 14.3 Å². The van der Waals surface area contributed by atoms with Crippen LogP contribution in [0, 0.1) is 0 Å². The molecule has 0 aliphatic carbocycles. The van der Waals surface area contributed by atoms with Gasteiger partial charge in [0.15, 0.2) is 0 Å². The first-order valence-electron chi connectivity index (χ1n) is 9.74. The minimum Gasteiger partial charge on any atom is -0.497 e. The van der Waals surface area contributed by atoms with E-state index in [0.717, 1.165) is 28.3 Å². The van der Waals surface area contributed by atoms with Crippen LogP contribution in [0.5, 0.6) is 11.5 Å². The Balaban J connectivity index is 1.70. The summed E-state index contributed by atoms with van der Waals surface area (Å²) in [6.45, 7) is 0.392. The van der Waals surface area contributed by atoms with Crippen LogP contribution in [0.2, 0.25) is 0 Å². The third-order valence-electron chi connectivity index (χ3n) is 4.83. The summed E-state index contributed by atoms with van der Waals surface area (Å²) in [6, 6.07) is 20.5. The number of rotatable bonds is 7. The summed E-state index contributed by atoms with van der Waals surface area (Å²) in [7, 11) is 3.23. The maximum atomic E-state index is 13.1. The van der Waals surface area contributed by atoms with Crippen LogP contribution < -0.4 is 14.8 Å². The second-order valence-corrected chi connectivity index (χ2v) is 6.79. The summed E-state index contributed by atoms with van der Waals surface area (Å²) in [5, 5.41) is 7.67. The number of hydrogen-bond acceptors (Lipinski definition) is 5. The van der Waals surface area contributed by atoms with Gasteiger partial charge in [0.25, 0.3) is 5.91 Å². The highest BCUT2D eigenvalue weighted by atomic mass is 16.5. The number of benzene rings is 2. The summed E-state index contributed by atoms with van der Waals surface area (Å²) in [6.07, 6.45) is 3.40. The Morgan fingerprint density at radius 2 is 1.68 bits per heavy atom. The van der Waals surface area contributed by atoms with Crippen molar-refractivity contribution in [1.29, 1.82) is 0 Å². The number of hydrogen-bond donors (Lipinski definition) is 1. The molecule has 0 bridgehead atoms. The van der Waals surface area contributed by atoms with Gasteiger partial charge in [-0.2, -0.15) is 5.10 Å². The lowest BCUT2D eigenvalue weighted by Gasteiger charge is -2.09. The molecule has 0 saturated carbocycles. The minimum atomic E-state index is -0.228. The molecule has 0 atom stereocenters. The SMILES string of the molecule is COc1ccc(-n2nc(-c3cccc(OC)c3)cc2C(=O)NCc2ccncc2)cc1. The van der Waals surface area contributed by atoms with Gasteiger partial charge >= 0.3 is 0 Å². The van der Waals surface area contributed by atoms with E-state index in [4.69, 9.17) is 14.6 Å². The molecule has 1 amide bonds. The molecule has 0 aliphatic heterocycles. The number of methoxy groups -OCH3 is 2. The normalized spacial score (nSPS) is 10.5. The van der Waals surface area contributed by atoms with Crippen LogP contribution in [0.1, 0.15) is 16.1 Å². The molecule has 7 nitrogen and oxygen atoms in total. The third kappa shape index (κ3) is 4.56. The van der Waals surface area contributed by atoms with Crippen LogP contribution in [0.4, 0.5) is 0 Å². The average molecular weight is 414 g/mol. The number of nitrogens with one attached hydrogen (secondary N) is 1. The summed E-state index contributed by atoms with van der Waals surface area (Å²) >= 11 is 0. The van der Waals surface area contributed by atoms with Crippen molar-refractivity contribution in [1.82, 2.24) is 20.1 Å². The zero-order valence-corrected chi connectivity index (χ0v) is 17.3. The zero-order valence-electron chi connectivity index (χ0n) is 17.3. The second kappa shape index (κ2) is 9.13. The van der Waals surface area contributed by atoms with Crippen molar-refractivity contribution in [2.45, 2.75) is 6.54 Å². The molecular weight excluding hydrogens is 392 g/mol. The van der Waals surface area contributed by atoms with Crippen molar-refractivity contribution in [2.75, 3.05) is 14.2 Å². The molecule has 156 valence electrons. The summed E-state index contributed by atoms with van der Waals surface area (Å²) in [5.41, 5.74) is 3.67. The third-order valence-corrected chi connectivity index (χ3v) is 4.83. The predicted octanol–water partition coefficient (Wildman–Crippen LogP) is 3.88. The number of ether oxygens (including phenoxy) is 2. The minimum absolute atomic E-state index is 0.228. The molecule has 7 heteroatoms. The van der Waals surface area contributed by atoms with Gasteiger partial charge in [0.1, 0.15) is 17.2 Å². The standard InChI is InChI=1S/C24H22N4O3/c1-30-20-8-6-19(7-9-20)28-23(24(29)26-16-17-10-12-25-13-11-17)15-22(27-28)18-4-3-5-21(14-18)31-2/h3-15H,16H2,1-2H3,(H,26,29). The van der Waals surface area contributed by atoms with Crippen molar-refractivity contribution in [2.24, 2.45) is 0 Å². The summed E-state index contributed by atoms with van der Waals surface area (Å²) in [4.78, 5) is 17.1. The molecule has 2 heterocycles. The Kier molecular flexibility index (Phi) is 5.93. The van der Waals surface area contributed by atoms with Gasteiger partial charge in [-0.15, -0.1) is 0 Å². The van der Waals surface area contributed by atoms with Gasteiger partial charge in [-0.1, -0.05) is 12.1 Å². The lowest BCUT2D eigenvalue weighted by Crippen LogP contribution is -2.25. The molecule has 2 aromatic carbocycles. The molecule has 4 rings (SSSR count). The maximum Gasteiger partial charge on any atom is 0.270 e. The first-order chi connectivity index (χ1) is 15.2. The van der Waals surface area contributed by atoms with Crippen molar-refractivity contribution in [3.8, 4) is 28.4 Å². The Morgan fingerprint density at radius 1 is 0.935 bits per heavy atom. The predicted molar refractivity (Wildman–Crippen MR) is 118 cm³/mol. The van der Waals surface area contributed by atoms with Gasteiger partial charge in [-0.25, -0.2) is 4.68 Å². The van der Waals surface area contributed by atoms with Gasteiger partial charge in [0, 0.05) is 24.5 Å². The monoisotopic (exact) mass is 414 g/mol. The number of nitrogens with zero attached hydrogens (tertiary/aromatic N) is 3. The van der Waals surface area contributed by atoms with E-state index in [0.29, 0.717) is 17.9 Å². The van der Waals surface area contributed by atoms with Crippen molar-refractivity contribution >= 4 is 5.91 Å². The Bertz CT molecular complexity index is 1170. The van der Waals surface area contributed by atoms with E-state index in [2.05, 4.69) is 10.3 Å². The van der Waals surface area contributed by atoms with Gasteiger partial charge in [-0.05, 0) is 60.2 Å². The molecule has 0 radical (unpaired) electrons. The molecule has 1 N–H and O–H groups in total. The van der Waals surface area contributed by atoms with E-state index in [-0.39, 0.29) is 5.91 Å². The zero-order chi connectivity index (χ0) is 21.6. The highest BCUT2D eigenvalue weighted by molar-refractivity contribution is 5.94. The number of amides is 1. The Morgan fingerprint density at radius 3 is 2.39 bits per heavy atom. The quantitative estimate of drug-likeness (QED) is 0.497. The second-order valence-electron chi connectivity index (χ2n) is 6.79. The lowest BCUT2D eigenvalue weighted by molar-refractivity contribution is 0.0943. The van der Waals surface area contributed by atoms with Gasteiger partial charge in [-0.3, -0.25) is 9.78 Å². The first-order valence-corrected chi connectivity index (χ1v) is 9.74. The van der Waals surface area contributed by atoms with E-state index in [1.165, 1.54) is 0 Å². The maximum absolute atomic E-state index is 13.1. The first kappa shape index (κ1) is 20.2. The molecule has 31 heavy (non-hydrogen) atoms. The highest BCUT2D eigenvalue weighted by Gasteiger charge is 2.18. The fourth-order valence-corrected chi connectivity index (χ4v) is 3.16. The van der Waals surface area contributed by atoms with E-state index in [1.807, 2.05) is 60.7 Å². The molecule has 4 aromatic rings. The fraction of sp³-hybridized carbons (Fsp3) is 0.125. The average Bonchev–Trinajstić information content (AvgIpc) is 3.29. The molecule has 0 aliphatic rings. The highest BCUT2D eigenvalue weighted by Crippen LogP contribution is 2.26. The van der Waals surface area contributed by atoms with Gasteiger partial charge in [0.05, 0.1) is 25.6 Å². The van der Waals surface area contributed by atoms with E-state index < -0.39 is 0 Å². The lowest BCUT2D eigenvalue weighted by atomic mass is 10.1. The van der Waals surface area contributed by atoms with Crippen LogP contribution in [-0.4, -0.2) is 34.9 Å². The van der Waals surface area contributed by atoms with Crippen molar-refractivity contribution in [3.05, 3.63) is 90.4 Å². The largest absolute Gasteiger partial charge is 0.497 e. The number of carbonyl (C=O) groups excluding carboxylic acids is 1. The van der Waals surface area contributed by atoms with Gasteiger partial charge < -0.3 is 14.8 Å². The summed E-state index contributed by atoms with van der Waals surface area (Å²) < 4.78 is 12.2. The Hall–Kier alpha value is -4.13. The van der Waals surface area contributed by atoms with Crippen LogP contribution in [0.15, 0.2) is 79.1 Å². The fourth-order valence-electron chi connectivity index (χ4n) is 3.16. The van der Waals surface area contributed by atoms with Crippen LogP contribution >= 0.6 is 0 Å². The summed E-state index contributed by atoms with van der Waals surface area (Å²) in [5.74, 6) is 1.22. The van der Waals surface area contributed by atoms with E-state index in [1.54, 1.807) is 37.4 Å². The molecule has 0 fully saturated rings. The van der Waals surface area contributed by atoms with Crippen molar-refractivity contribution in [3.63, 3.8) is 0 Å². The molecular formula is C24H22N4O3. The number of aromatic nitrogens is 3. The molecule has 2 aromatic heterocycles. The van der Waals surface area contributed by atoms with E-state index in [9.17, 15) is 4.79 Å². The van der Waals surface area contributed by atoms with Crippen LogP contribution in [0.3, 0.4) is 0 Å². The molecule has 0 saturated heterocycles. The number of carbonyl (C=O) groups is 1. The molecule has 0 unspecified atom stereocenters. The smallest absolute Gasteiger partial charge is 0.270 e.